The fourth-order valence-electron chi connectivity index (χ4n) is 2.16. The van der Waals surface area contributed by atoms with Crippen LogP contribution in [0.4, 0.5) is 5.69 Å². The minimum absolute atomic E-state index is 0.00816. The number of aliphatic hydroxyl groups is 1. The summed E-state index contributed by atoms with van der Waals surface area (Å²) in [6.45, 7) is 7.14. The summed E-state index contributed by atoms with van der Waals surface area (Å²) < 4.78 is 5.59. The second kappa shape index (κ2) is 5.79. The Hall–Kier alpha value is -1.99. The largest absolute Gasteiger partial charge is 0.439 e. The molecule has 0 fully saturated rings. The van der Waals surface area contributed by atoms with Crippen LogP contribution in [-0.4, -0.2) is 38.6 Å². The monoisotopic (exact) mass is 293 g/mol. The SMILES string of the molecule is CCN(Cc1nc2cc([N+](=O)[O-])ccc2o1)CC(C)(C)O. The van der Waals surface area contributed by atoms with Crippen molar-refractivity contribution in [3.63, 3.8) is 0 Å². The molecule has 21 heavy (non-hydrogen) atoms. The molecule has 1 heterocycles. The maximum Gasteiger partial charge on any atom is 0.271 e. The number of oxazole rings is 1. The van der Waals surface area contributed by atoms with Crippen molar-refractivity contribution < 1.29 is 14.4 Å². The average molecular weight is 293 g/mol. The van der Waals surface area contributed by atoms with E-state index in [4.69, 9.17) is 4.42 Å². The van der Waals surface area contributed by atoms with E-state index < -0.39 is 10.5 Å². The summed E-state index contributed by atoms with van der Waals surface area (Å²) in [5.41, 5.74) is 0.181. The first-order valence-electron chi connectivity index (χ1n) is 6.77. The first-order chi connectivity index (χ1) is 9.78. The summed E-state index contributed by atoms with van der Waals surface area (Å²) in [6.07, 6.45) is 0. The van der Waals surface area contributed by atoms with Crippen molar-refractivity contribution >= 4 is 16.8 Å². The Labute approximate surface area is 122 Å². The molecule has 1 N–H and O–H groups in total. The average Bonchev–Trinajstić information content (AvgIpc) is 2.77. The van der Waals surface area contributed by atoms with Gasteiger partial charge in [-0.05, 0) is 26.5 Å². The highest BCUT2D eigenvalue weighted by Crippen LogP contribution is 2.22. The van der Waals surface area contributed by atoms with Crippen LogP contribution in [0.5, 0.6) is 0 Å². The van der Waals surface area contributed by atoms with E-state index in [1.807, 2.05) is 11.8 Å². The lowest BCUT2D eigenvalue weighted by Gasteiger charge is -2.26. The third-order valence-corrected chi connectivity index (χ3v) is 3.04. The smallest absolute Gasteiger partial charge is 0.271 e. The van der Waals surface area contributed by atoms with Crippen molar-refractivity contribution in [3.8, 4) is 0 Å². The molecule has 0 unspecified atom stereocenters. The number of hydrogen-bond donors (Lipinski definition) is 1. The highest BCUT2D eigenvalue weighted by molar-refractivity contribution is 5.75. The molecule has 114 valence electrons. The van der Waals surface area contributed by atoms with E-state index in [0.717, 1.165) is 6.54 Å². The lowest BCUT2D eigenvalue weighted by molar-refractivity contribution is -0.384. The van der Waals surface area contributed by atoms with Crippen molar-refractivity contribution in [2.45, 2.75) is 32.9 Å². The quantitative estimate of drug-likeness (QED) is 0.649. The lowest BCUT2D eigenvalue weighted by Crippen LogP contribution is -2.38. The first kappa shape index (κ1) is 15.4. The number of aromatic nitrogens is 1. The number of fused-ring (bicyclic) bond motifs is 1. The number of likely N-dealkylation sites (N-methyl/N-ethyl adjacent to an activating group) is 1. The molecule has 7 heteroatoms. The van der Waals surface area contributed by atoms with E-state index >= 15 is 0 Å². The Morgan fingerprint density at radius 1 is 1.48 bits per heavy atom. The molecule has 0 atom stereocenters. The molecule has 0 amide bonds. The zero-order valence-corrected chi connectivity index (χ0v) is 12.4. The summed E-state index contributed by atoms with van der Waals surface area (Å²) in [4.78, 5) is 16.6. The zero-order chi connectivity index (χ0) is 15.6. The van der Waals surface area contributed by atoms with Gasteiger partial charge in [0.15, 0.2) is 5.58 Å². The third kappa shape index (κ3) is 3.99. The van der Waals surface area contributed by atoms with Gasteiger partial charge in [-0.25, -0.2) is 4.98 Å². The summed E-state index contributed by atoms with van der Waals surface area (Å²) >= 11 is 0. The molecule has 0 saturated heterocycles. The van der Waals surface area contributed by atoms with E-state index in [-0.39, 0.29) is 5.69 Å². The third-order valence-electron chi connectivity index (χ3n) is 3.04. The summed E-state index contributed by atoms with van der Waals surface area (Å²) in [6, 6.07) is 4.34. The molecule has 2 rings (SSSR count). The normalized spacial score (nSPS) is 12.2. The van der Waals surface area contributed by atoms with Gasteiger partial charge in [0.05, 0.1) is 17.1 Å². The van der Waals surface area contributed by atoms with Crippen LogP contribution >= 0.6 is 0 Å². The van der Waals surface area contributed by atoms with E-state index in [0.29, 0.717) is 30.1 Å². The van der Waals surface area contributed by atoms with Crippen molar-refractivity contribution in [1.29, 1.82) is 0 Å². The van der Waals surface area contributed by atoms with Gasteiger partial charge in [-0.1, -0.05) is 6.92 Å². The Morgan fingerprint density at radius 3 is 2.76 bits per heavy atom. The number of nitro benzene ring substituents is 1. The molecular weight excluding hydrogens is 274 g/mol. The second-order valence-corrected chi connectivity index (χ2v) is 5.63. The van der Waals surface area contributed by atoms with Gasteiger partial charge in [0.1, 0.15) is 5.52 Å². The fourth-order valence-corrected chi connectivity index (χ4v) is 2.16. The number of nitro groups is 1. The number of hydrogen-bond acceptors (Lipinski definition) is 6. The molecule has 0 radical (unpaired) electrons. The second-order valence-electron chi connectivity index (χ2n) is 5.63. The van der Waals surface area contributed by atoms with E-state index in [2.05, 4.69) is 4.98 Å². The number of rotatable bonds is 6. The minimum atomic E-state index is -0.805. The maximum absolute atomic E-state index is 10.7. The Bertz CT molecular complexity index is 645. The maximum atomic E-state index is 10.7. The highest BCUT2D eigenvalue weighted by atomic mass is 16.6. The predicted octanol–water partition coefficient (Wildman–Crippen LogP) is 2.33. The molecule has 1 aromatic heterocycles. The summed E-state index contributed by atoms with van der Waals surface area (Å²) in [5, 5.41) is 20.6. The van der Waals surface area contributed by atoms with Gasteiger partial charge in [-0.2, -0.15) is 0 Å². The fraction of sp³-hybridized carbons (Fsp3) is 0.500. The van der Waals surface area contributed by atoms with E-state index in [9.17, 15) is 15.2 Å². The standard InChI is InChI=1S/C14H19N3O4/c1-4-16(9-14(2,3)18)8-13-15-11-7-10(17(19)20)5-6-12(11)21-13/h5-7,18H,4,8-9H2,1-3H3. The predicted molar refractivity (Wildman–Crippen MR) is 77.9 cm³/mol. The molecule has 0 aliphatic carbocycles. The van der Waals surface area contributed by atoms with Crippen LogP contribution < -0.4 is 0 Å². The topological polar surface area (TPSA) is 92.6 Å². The van der Waals surface area contributed by atoms with Gasteiger partial charge >= 0.3 is 0 Å². The number of nitrogens with zero attached hydrogens (tertiary/aromatic N) is 3. The van der Waals surface area contributed by atoms with Gasteiger partial charge in [-0.3, -0.25) is 15.0 Å². The van der Waals surface area contributed by atoms with Crippen LogP contribution in [-0.2, 0) is 6.54 Å². The van der Waals surface area contributed by atoms with Crippen LogP contribution in [0.15, 0.2) is 22.6 Å². The van der Waals surface area contributed by atoms with Gasteiger partial charge in [-0.15, -0.1) is 0 Å². The van der Waals surface area contributed by atoms with Crippen molar-refractivity contribution in [1.82, 2.24) is 9.88 Å². The van der Waals surface area contributed by atoms with Crippen molar-refractivity contribution in [3.05, 3.63) is 34.2 Å². The first-order valence-corrected chi connectivity index (χ1v) is 6.77. The Morgan fingerprint density at radius 2 is 2.19 bits per heavy atom. The summed E-state index contributed by atoms with van der Waals surface area (Å²) in [7, 11) is 0. The molecule has 0 bridgehead atoms. The Kier molecular flexibility index (Phi) is 4.24. The molecule has 0 aliphatic heterocycles. The van der Waals surface area contributed by atoms with Crippen LogP contribution in [0.1, 0.15) is 26.7 Å². The lowest BCUT2D eigenvalue weighted by atomic mass is 10.1. The minimum Gasteiger partial charge on any atom is -0.439 e. The van der Waals surface area contributed by atoms with Crippen LogP contribution in [0.2, 0.25) is 0 Å². The van der Waals surface area contributed by atoms with Crippen LogP contribution in [0.3, 0.4) is 0 Å². The molecule has 1 aromatic carbocycles. The van der Waals surface area contributed by atoms with Crippen LogP contribution in [0, 0.1) is 10.1 Å². The summed E-state index contributed by atoms with van der Waals surface area (Å²) in [5.74, 6) is 0.483. The molecule has 0 spiro atoms. The Balaban J connectivity index is 2.20. The van der Waals surface area contributed by atoms with E-state index in [1.54, 1.807) is 19.9 Å². The highest BCUT2D eigenvalue weighted by Gasteiger charge is 2.19. The molecule has 0 aliphatic rings. The van der Waals surface area contributed by atoms with E-state index in [1.165, 1.54) is 12.1 Å². The number of benzene rings is 1. The van der Waals surface area contributed by atoms with Crippen molar-refractivity contribution in [2.75, 3.05) is 13.1 Å². The molecular formula is C14H19N3O4. The zero-order valence-electron chi connectivity index (χ0n) is 12.4. The van der Waals surface area contributed by atoms with Crippen LogP contribution in [0.25, 0.3) is 11.1 Å². The van der Waals surface area contributed by atoms with Gasteiger partial charge in [0, 0.05) is 18.7 Å². The molecule has 0 saturated carbocycles. The van der Waals surface area contributed by atoms with Crippen molar-refractivity contribution in [2.24, 2.45) is 0 Å². The molecule has 7 nitrogen and oxygen atoms in total. The van der Waals surface area contributed by atoms with Gasteiger partial charge in [0.2, 0.25) is 5.89 Å². The van der Waals surface area contributed by atoms with Gasteiger partial charge in [0.25, 0.3) is 5.69 Å². The van der Waals surface area contributed by atoms with Gasteiger partial charge < -0.3 is 9.52 Å². The molecule has 2 aromatic rings. The number of non-ortho nitro benzene ring substituents is 1.